The predicted molar refractivity (Wildman–Crippen MR) is 68.4 cm³/mol. The van der Waals surface area contributed by atoms with Crippen LogP contribution in [0.1, 0.15) is 25.7 Å². The molecule has 0 saturated carbocycles. The number of carboxylic acids is 1. The highest BCUT2D eigenvalue weighted by molar-refractivity contribution is 5.78. The number of carbonyl (C=O) groups is 2. The monoisotopic (exact) mass is 257 g/mol. The fraction of sp³-hybridized carbons (Fsp3) is 0.833. The van der Waals surface area contributed by atoms with Crippen LogP contribution >= 0.6 is 0 Å². The Kier molecular flexibility index (Phi) is 6.67. The number of amides is 1. The second-order valence-electron chi connectivity index (χ2n) is 4.67. The smallest absolute Gasteiger partial charge is 0.303 e. The largest absolute Gasteiger partial charge is 0.481 e. The van der Waals surface area contributed by atoms with Crippen LogP contribution in [0.25, 0.3) is 0 Å². The summed E-state index contributed by atoms with van der Waals surface area (Å²) >= 11 is 0. The molecular weight excluding hydrogens is 234 g/mol. The molecule has 3 N–H and O–H groups in total. The molecule has 1 fully saturated rings. The van der Waals surface area contributed by atoms with Crippen molar-refractivity contribution in [2.24, 2.45) is 0 Å². The average Bonchev–Trinajstić information content (AvgIpc) is 2.72. The van der Waals surface area contributed by atoms with Gasteiger partial charge in [0, 0.05) is 25.6 Å². The van der Waals surface area contributed by atoms with Crippen LogP contribution in [-0.4, -0.2) is 61.2 Å². The lowest BCUT2D eigenvalue weighted by molar-refractivity contribution is -0.137. The molecule has 0 aromatic heterocycles. The van der Waals surface area contributed by atoms with E-state index in [0.29, 0.717) is 25.6 Å². The van der Waals surface area contributed by atoms with Crippen LogP contribution in [0.5, 0.6) is 0 Å². The number of rotatable bonds is 8. The highest BCUT2D eigenvalue weighted by atomic mass is 16.4. The summed E-state index contributed by atoms with van der Waals surface area (Å²) in [5.41, 5.74) is 0. The molecule has 0 aliphatic carbocycles. The van der Waals surface area contributed by atoms with E-state index < -0.39 is 5.97 Å². The summed E-state index contributed by atoms with van der Waals surface area (Å²) < 4.78 is 0. The maximum atomic E-state index is 11.7. The fourth-order valence-electron chi connectivity index (χ4n) is 2.28. The Hall–Kier alpha value is -1.14. The third-order valence-electron chi connectivity index (χ3n) is 3.18. The fourth-order valence-corrected chi connectivity index (χ4v) is 2.28. The van der Waals surface area contributed by atoms with Crippen molar-refractivity contribution in [3.05, 3.63) is 0 Å². The number of aliphatic carboxylic acids is 1. The number of nitrogens with one attached hydrogen (secondary N) is 2. The second-order valence-corrected chi connectivity index (χ2v) is 4.67. The van der Waals surface area contributed by atoms with Crippen molar-refractivity contribution in [3.8, 4) is 0 Å². The number of hydrogen-bond acceptors (Lipinski definition) is 4. The van der Waals surface area contributed by atoms with Crippen LogP contribution in [-0.2, 0) is 9.59 Å². The minimum absolute atomic E-state index is 0.0107. The maximum Gasteiger partial charge on any atom is 0.303 e. The van der Waals surface area contributed by atoms with Crippen LogP contribution in [0, 0.1) is 0 Å². The van der Waals surface area contributed by atoms with Crippen LogP contribution in [0.4, 0.5) is 0 Å². The van der Waals surface area contributed by atoms with Gasteiger partial charge in [-0.3, -0.25) is 14.5 Å². The Morgan fingerprint density at radius 2 is 2.22 bits per heavy atom. The maximum absolute atomic E-state index is 11.7. The molecular formula is C12H23N3O3. The molecule has 1 aliphatic heterocycles. The van der Waals surface area contributed by atoms with Gasteiger partial charge in [-0.15, -0.1) is 0 Å². The Balaban J connectivity index is 2.16. The topological polar surface area (TPSA) is 81.7 Å². The standard InChI is InChI=1S/C12H23N3O3/c1-13-8-10-4-3-7-15(10)9-11(16)14-6-2-5-12(17)18/h10,13H,2-9H2,1H3,(H,14,16)(H,17,18). The van der Waals surface area contributed by atoms with Crippen LogP contribution in [0.2, 0.25) is 0 Å². The van der Waals surface area contributed by atoms with E-state index in [1.807, 2.05) is 7.05 Å². The number of carboxylic acid groups (broad SMARTS) is 1. The van der Waals surface area contributed by atoms with E-state index in [0.717, 1.165) is 25.9 Å². The first-order valence-corrected chi connectivity index (χ1v) is 6.50. The van der Waals surface area contributed by atoms with Gasteiger partial charge in [-0.25, -0.2) is 0 Å². The van der Waals surface area contributed by atoms with E-state index in [2.05, 4.69) is 15.5 Å². The van der Waals surface area contributed by atoms with Gasteiger partial charge in [0.05, 0.1) is 6.54 Å². The van der Waals surface area contributed by atoms with E-state index in [9.17, 15) is 9.59 Å². The third-order valence-corrected chi connectivity index (χ3v) is 3.18. The first-order chi connectivity index (χ1) is 8.63. The quantitative estimate of drug-likeness (QED) is 0.518. The molecule has 1 aliphatic rings. The summed E-state index contributed by atoms with van der Waals surface area (Å²) in [5, 5.41) is 14.4. The minimum Gasteiger partial charge on any atom is -0.481 e. The molecule has 104 valence electrons. The molecule has 0 spiro atoms. The van der Waals surface area contributed by atoms with E-state index in [1.54, 1.807) is 0 Å². The molecule has 1 saturated heterocycles. The van der Waals surface area contributed by atoms with Crippen molar-refractivity contribution in [1.82, 2.24) is 15.5 Å². The molecule has 6 nitrogen and oxygen atoms in total. The molecule has 1 unspecified atom stereocenters. The number of hydrogen-bond donors (Lipinski definition) is 3. The van der Waals surface area contributed by atoms with Crippen LogP contribution in [0.15, 0.2) is 0 Å². The van der Waals surface area contributed by atoms with Gasteiger partial charge >= 0.3 is 5.97 Å². The first kappa shape index (κ1) is 14.9. The zero-order valence-corrected chi connectivity index (χ0v) is 10.9. The van der Waals surface area contributed by atoms with Gasteiger partial charge in [-0.1, -0.05) is 0 Å². The Morgan fingerprint density at radius 3 is 2.89 bits per heavy atom. The Bertz CT molecular complexity index is 284. The Morgan fingerprint density at radius 1 is 1.44 bits per heavy atom. The molecule has 0 aromatic rings. The van der Waals surface area contributed by atoms with Gasteiger partial charge in [0.2, 0.25) is 5.91 Å². The van der Waals surface area contributed by atoms with E-state index in [-0.39, 0.29) is 12.3 Å². The second kappa shape index (κ2) is 8.05. The number of likely N-dealkylation sites (tertiary alicyclic amines) is 1. The van der Waals surface area contributed by atoms with Crippen molar-refractivity contribution in [2.45, 2.75) is 31.7 Å². The highest BCUT2D eigenvalue weighted by Crippen LogP contribution is 2.15. The average molecular weight is 257 g/mol. The van der Waals surface area contributed by atoms with Crippen molar-refractivity contribution in [2.75, 3.05) is 33.2 Å². The molecule has 0 aromatic carbocycles. The van der Waals surface area contributed by atoms with E-state index >= 15 is 0 Å². The molecule has 1 heterocycles. The van der Waals surface area contributed by atoms with Crippen LogP contribution < -0.4 is 10.6 Å². The molecule has 1 atom stereocenters. The molecule has 1 amide bonds. The zero-order chi connectivity index (χ0) is 13.4. The zero-order valence-electron chi connectivity index (χ0n) is 10.9. The summed E-state index contributed by atoms with van der Waals surface area (Å²) in [6, 6.07) is 0.444. The minimum atomic E-state index is -0.821. The molecule has 0 bridgehead atoms. The molecule has 1 rings (SSSR count). The van der Waals surface area contributed by atoms with Gasteiger partial charge in [-0.05, 0) is 32.9 Å². The summed E-state index contributed by atoms with van der Waals surface area (Å²) in [6.07, 6.45) is 2.86. The van der Waals surface area contributed by atoms with E-state index in [4.69, 9.17) is 5.11 Å². The van der Waals surface area contributed by atoms with Crippen molar-refractivity contribution in [3.63, 3.8) is 0 Å². The van der Waals surface area contributed by atoms with Gasteiger partial charge in [-0.2, -0.15) is 0 Å². The summed E-state index contributed by atoms with van der Waals surface area (Å²) in [5.74, 6) is -0.832. The van der Waals surface area contributed by atoms with Crippen LogP contribution in [0.3, 0.4) is 0 Å². The number of carbonyl (C=O) groups excluding carboxylic acids is 1. The molecule has 6 heteroatoms. The third kappa shape index (κ3) is 5.46. The van der Waals surface area contributed by atoms with E-state index in [1.165, 1.54) is 0 Å². The van der Waals surface area contributed by atoms with Crippen molar-refractivity contribution < 1.29 is 14.7 Å². The normalized spacial score (nSPS) is 19.9. The lowest BCUT2D eigenvalue weighted by Crippen LogP contribution is -2.43. The lowest BCUT2D eigenvalue weighted by atomic mass is 10.2. The lowest BCUT2D eigenvalue weighted by Gasteiger charge is -2.23. The van der Waals surface area contributed by atoms with Gasteiger partial charge < -0.3 is 15.7 Å². The van der Waals surface area contributed by atoms with Gasteiger partial charge in [0.25, 0.3) is 0 Å². The van der Waals surface area contributed by atoms with Crippen molar-refractivity contribution >= 4 is 11.9 Å². The van der Waals surface area contributed by atoms with Crippen molar-refractivity contribution in [1.29, 1.82) is 0 Å². The first-order valence-electron chi connectivity index (χ1n) is 6.50. The SMILES string of the molecule is CNCC1CCCN1CC(=O)NCCCC(=O)O. The Labute approximate surface area is 108 Å². The van der Waals surface area contributed by atoms with Gasteiger partial charge in [0.1, 0.15) is 0 Å². The summed E-state index contributed by atoms with van der Waals surface area (Å²) in [4.78, 5) is 24.2. The summed E-state index contributed by atoms with van der Waals surface area (Å²) in [7, 11) is 1.92. The van der Waals surface area contributed by atoms with Gasteiger partial charge in [0.15, 0.2) is 0 Å². The molecule has 0 radical (unpaired) electrons. The highest BCUT2D eigenvalue weighted by Gasteiger charge is 2.25. The molecule has 18 heavy (non-hydrogen) atoms. The number of likely N-dealkylation sites (N-methyl/N-ethyl adjacent to an activating group) is 1. The predicted octanol–water partition coefficient (Wildman–Crippen LogP) is -0.349. The summed E-state index contributed by atoms with van der Waals surface area (Å²) in [6.45, 7) is 2.73. The number of nitrogens with zero attached hydrogens (tertiary/aromatic N) is 1.